The van der Waals surface area contributed by atoms with E-state index in [1.807, 2.05) is 12.1 Å². The van der Waals surface area contributed by atoms with E-state index in [4.69, 9.17) is 4.74 Å². The largest absolute Gasteiger partial charge is 0.508 e. The highest BCUT2D eigenvalue weighted by molar-refractivity contribution is 5.94. The zero-order valence-corrected chi connectivity index (χ0v) is 18.6. The fourth-order valence-corrected chi connectivity index (χ4v) is 4.91. The molecule has 3 heteroatoms. The minimum atomic E-state index is 0.292. The van der Waals surface area contributed by atoms with Crippen LogP contribution in [-0.2, 0) is 12.8 Å². The maximum Gasteiger partial charge on any atom is 0.119 e. The lowest BCUT2D eigenvalue weighted by molar-refractivity contribution is 0.183. The Morgan fingerprint density at radius 2 is 1.56 bits per heavy atom. The van der Waals surface area contributed by atoms with Crippen LogP contribution in [0.25, 0.3) is 11.6 Å². The summed E-state index contributed by atoms with van der Waals surface area (Å²) in [6, 6.07) is 22.7. The van der Waals surface area contributed by atoms with Gasteiger partial charge in [0.05, 0.1) is 0 Å². The molecule has 5 rings (SSSR count). The number of phenolic OH excluding ortho intramolecular Hbond substituents is 1. The Morgan fingerprint density at radius 1 is 0.812 bits per heavy atom. The molecular weight excluding hydrogens is 394 g/mol. The molecule has 0 saturated carbocycles. The van der Waals surface area contributed by atoms with Gasteiger partial charge in [-0.25, -0.2) is 0 Å². The first-order valence-corrected chi connectivity index (χ1v) is 11.8. The molecule has 32 heavy (non-hydrogen) atoms. The molecule has 0 bridgehead atoms. The molecule has 1 heterocycles. The van der Waals surface area contributed by atoms with Crippen molar-refractivity contribution in [3.05, 3.63) is 94.5 Å². The number of benzene rings is 3. The van der Waals surface area contributed by atoms with Gasteiger partial charge in [0, 0.05) is 6.54 Å². The monoisotopic (exact) mass is 425 g/mol. The van der Waals surface area contributed by atoms with Crippen molar-refractivity contribution < 1.29 is 9.84 Å². The summed E-state index contributed by atoms with van der Waals surface area (Å²) < 4.78 is 6.17. The van der Waals surface area contributed by atoms with E-state index in [2.05, 4.69) is 53.4 Å². The van der Waals surface area contributed by atoms with Crippen LogP contribution in [-0.4, -0.2) is 36.2 Å². The van der Waals surface area contributed by atoms with E-state index >= 15 is 0 Å². The first-order chi connectivity index (χ1) is 15.8. The lowest BCUT2D eigenvalue weighted by Crippen LogP contribution is -2.33. The molecule has 0 spiro atoms. The number of rotatable bonds is 5. The van der Waals surface area contributed by atoms with Crippen molar-refractivity contribution in [2.45, 2.75) is 32.1 Å². The lowest BCUT2D eigenvalue weighted by Gasteiger charge is -2.26. The van der Waals surface area contributed by atoms with Gasteiger partial charge in [0.1, 0.15) is 18.1 Å². The molecule has 0 aromatic heterocycles. The van der Waals surface area contributed by atoms with Crippen LogP contribution in [0.15, 0.2) is 66.7 Å². The lowest BCUT2D eigenvalue weighted by atomic mass is 9.92. The zero-order valence-electron chi connectivity index (χ0n) is 18.6. The molecule has 1 aliphatic carbocycles. The highest BCUT2D eigenvalue weighted by Gasteiger charge is 2.19. The number of ether oxygens (including phenoxy) is 1. The van der Waals surface area contributed by atoms with Gasteiger partial charge in [0.25, 0.3) is 0 Å². The predicted octanol–water partition coefficient (Wildman–Crippen LogP) is 5.94. The molecular formula is C29H31NO2. The maximum absolute atomic E-state index is 9.67. The van der Waals surface area contributed by atoms with E-state index in [0.717, 1.165) is 37.3 Å². The number of aromatic hydroxyl groups is 1. The quantitative estimate of drug-likeness (QED) is 0.549. The van der Waals surface area contributed by atoms with Gasteiger partial charge < -0.3 is 9.84 Å². The fraction of sp³-hybridized carbons (Fsp3) is 0.310. The molecule has 2 aliphatic rings. The third-order valence-electron chi connectivity index (χ3n) is 6.67. The van der Waals surface area contributed by atoms with Gasteiger partial charge in [-0.1, -0.05) is 48.9 Å². The number of likely N-dealkylation sites (tertiary alicyclic amines) is 1. The van der Waals surface area contributed by atoms with Gasteiger partial charge in [-0.2, -0.15) is 0 Å². The summed E-state index contributed by atoms with van der Waals surface area (Å²) >= 11 is 0. The van der Waals surface area contributed by atoms with E-state index in [9.17, 15) is 5.11 Å². The Balaban J connectivity index is 1.42. The summed E-state index contributed by atoms with van der Waals surface area (Å²) in [6.07, 6.45) is 8.25. The topological polar surface area (TPSA) is 32.7 Å². The molecule has 1 saturated heterocycles. The zero-order chi connectivity index (χ0) is 21.8. The molecule has 1 fully saturated rings. The van der Waals surface area contributed by atoms with Crippen LogP contribution in [0.3, 0.4) is 0 Å². The summed E-state index contributed by atoms with van der Waals surface area (Å²) in [5, 5.41) is 9.67. The smallest absolute Gasteiger partial charge is 0.119 e. The van der Waals surface area contributed by atoms with Gasteiger partial charge in [-0.15, -0.1) is 0 Å². The first kappa shape index (κ1) is 20.8. The standard InChI is InChI=1S/C29H31NO2/c31-25-12-8-22(9-13-25)20-29-27-7-3-2-6-23(27)10-11-24-21-26(14-15-28(24)29)32-19-18-30-16-4-1-5-17-30/h2-3,6-9,12-15,20-21,31H,1,4-5,10-11,16-19H2/b29-20+. The molecule has 3 aromatic rings. The summed E-state index contributed by atoms with van der Waals surface area (Å²) in [7, 11) is 0. The van der Waals surface area contributed by atoms with E-state index < -0.39 is 0 Å². The van der Waals surface area contributed by atoms with Crippen LogP contribution in [0.2, 0.25) is 0 Å². The molecule has 0 atom stereocenters. The normalized spacial score (nSPS) is 17.4. The van der Waals surface area contributed by atoms with Gasteiger partial charge in [-0.3, -0.25) is 4.90 Å². The molecule has 0 radical (unpaired) electrons. The van der Waals surface area contributed by atoms with Crippen molar-refractivity contribution in [1.29, 1.82) is 0 Å². The summed E-state index contributed by atoms with van der Waals surface area (Å²) in [5.41, 5.74) is 7.59. The Hall–Kier alpha value is -3.04. The number of hydrogen-bond acceptors (Lipinski definition) is 3. The highest BCUT2D eigenvalue weighted by Crippen LogP contribution is 2.36. The van der Waals surface area contributed by atoms with Crippen LogP contribution in [0.5, 0.6) is 11.5 Å². The fourth-order valence-electron chi connectivity index (χ4n) is 4.91. The molecule has 164 valence electrons. The van der Waals surface area contributed by atoms with E-state index in [1.165, 1.54) is 60.2 Å². The molecule has 1 N–H and O–H groups in total. The van der Waals surface area contributed by atoms with Gasteiger partial charge in [0.2, 0.25) is 0 Å². The van der Waals surface area contributed by atoms with Crippen molar-refractivity contribution in [1.82, 2.24) is 4.90 Å². The van der Waals surface area contributed by atoms with E-state index in [-0.39, 0.29) is 0 Å². The summed E-state index contributed by atoms with van der Waals surface area (Å²) in [4.78, 5) is 2.52. The number of aryl methyl sites for hydroxylation is 2. The second kappa shape index (κ2) is 9.62. The Bertz CT molecular complexity index is 1090. The predicted molar refractivity (Wildman–Crippen MR) is 131 cm³/mol. The molecule has 0 unspecified atom stereocenters. The van der Waals surface area contributed by atoms with Crippen molar-refractivity contribution in [3.8, 4) is 11.5 Å². The number of fused-ring (bicyclic) bond motifs is 2. The average molecular weight is 426 g/mol. The third-order valence-corrected chi connectivity index (χ3v) is 6.67. The van der Waals surface area contributed by atoms with Gasteiger partial charge in [0.15, 0.2) is 0 Å². The minimum Gasteiger partial charge on any atom is -0.508 e. The van der Waals surface area contributed by atoms with Crippen LogP contribution in [0, 0.1) is 0 Å². The summed E-state index contributed by atoms with van der Waals surface area (Å²) in [6.45, 7) is 4.16. The number of hydrogen-bond donors (Lipinski definition) is 1. The van der Waals surface area contributed by atoms with Crippen molar-refractivity contribution >= 4 is 11.6 Å². The van der Waals surface area contributed by atoms with Crippen LogP contribution in [0.1, 0.15) is 47.1 Å². The van der Waals surface area contributed by atoms with Gasteiger partial charge >= 0.3 is 0 Å². The van der Waals surface area contributed by atoms with Crippen molar-refractivity contribution in [2.24, 2.45) is 0 Å². The Morgan fingerprint density at radius 3 is 2.41 bits per heavy atom. The Kier molecular flexibility index (Phi) is 6.27. The average Bonchev–Trinajstić information content (AvgIpc) is 2.98. The van der Waals surface area contributed by atoms with Crippen molar-refractivity contribution in [2.75, 3.05) is 26.2 Å². The number of piperidine rings is 1. The number of nitrogens with zero attached hydrogens (tertiary/aromatic N) is 1. The second-order valence-corrected chi connectivity index (χ2v) is 8.88. The van der Waals surface area contributed by atoms with E-state index in [1.54, 1.807) is 12.1 Å². The van der Waals surface area contributed by atoms with Gasteiger partial charge in [-0.05, 0) is 103 Å². The summed E-state index contributed by atoms with van der Waals surface area (Å²) in [5.74, 6) is 1.26. The second-order valence-electron chi connectivity index (χ2n) is 8.88. The van der Waals surface area contributed by atoms with Crippen molar-refractivity contribution in [3.63, 3.8) is 0 Å². The van der Waals surface area contributed by atoms with Crippen LogP contribution < -0.4 is 4.74 Å². The Labute approximate surface area is 191 Å². The third kappa shape index (κ3) is 4.73. The minimum absolute atomic E-state index is 0.292. The SMILES string of the molecule is Oc1ccc(/C=C2\c3ccccc3CCc3cc(OCCN4CCCCC4)ccc32)cc1. The van der Waals surface area contributed by atoms with E-state index in [0.29, 0.717) is 5.75 Å². The van der Waals surface area contributed by atoms with Crippen LogP contribution in [0.4, 0.5) is 0 Å². The number of phenols is 1. The van der Waals surface area contributed by atoms with Crippen LogP contribution >= 0.6 is 0 Å². The highest BCUT2D eigenvalue weighted by atomic mass is 16.5. The first-order valence-electron chi connectivity index (χ1n) is 11.8. The molecule has 3 aromatic carbocycles. The molecule has 0 amide bonds. The molecule has 1 aliphatic heterocycles. The maximum atomic E-state index is 9.67. The molecule has 3 nitrogen and oxygen atoms in total.